The maximum Gasteiger partial charge on any atom is 0.299 e. The summed E-state index contributed by atoms with van der Waals surface area (Å²) in [7, 11) is -4.23. The first-order valence-electron chi connectivity index (χ1n) is 12.6. The zero-order valence-corrected chi connectivity index (χ0v) is 22.2. The maximum atomic E-state index is 13.4. The van der Waals surface area contributed by atoms with Crippen molar-refractivity contribution >= 4 is 50.0 Å². The molecule has 1 saturated heterocycles. The number of guanidine groups is 1. The standard InChI is InChI=1S/C27H28N6O6S/c28-27(29)32-11-12-39-19(15-32)14-30-25(35)22(16-33-23-8-4-3-7-21(23)24(34)26(33)36)31-40(37,38)20-10-9-17-5-1-2-6-18(17)13-20/h1-10,13,19,22,31H,11-12,14-16H2,(H3,28,29)(H,30,35)/t19?,22-/m1/s1. The predicted octanol–water partition coefficient (Wildman–Crippen LogP) is 0.427. The van der Waals surface area contributed by atoms with Crippen LogP contribution in [-0.4, -0.2) is 81.8 Å². The lowest BCUT2D eigenvalue weighted by atomic mass is 10.1. The first-order valence-corrected chi connectivity index (χ1v) is 14.1. The number of sulfonamides is 1. The summed E-state index contributed by atoms with van der Waals surface area (Å²) in [6, 6.07) is 16.8. The minimum absolute atomic E-state index is 0.0142. The van der Waals surface area contributed by atoms with Crippen LogP contribution in [0.25, 0.3) is 10.8 Å². The van der Waals surface area contributed by atoms with Gasteiger partial charge >= 0.3 is 0 Å². The van der Waals surface area contributed by atoms with Gasteiger partial charge in [-0.3, -0.25) is 19.8 Å². The summed E-state index contributed by atoms with van der Waals surface area (Å²) in [5.41, 5.74) is 6.06. The Morgan fingerprint density at radius 2 is 1.80 bits per heavy atom. The molecule has 0 saturated carbocycles. The lowest BCUT2D eigenvalue weighted by molar-refractivity contribution is -0.123. The van der Waals surface area contributed by atoms with Crippen LogP contribution in [0.5, 0.6) is 0 Å². The van der Waals surface area contributed by atoms with E-state index in [4.69, 9.17) is 15.9 Å². The molecule has 0 spiro atoms. The van der Waals surface area contributed by atoms with Crippen molar-refractivity contribution in [3.63, 3.8) is 0 Å². The van der Waals surface area contributed by atoms with Crippen LogP contribution in [0.3, 0.4) is 0 Å². The molecule has 5 rings (SSSR count). The van der Waals surface area contributed by atoms with Crippen molar-refractivity contribution in [2.75, 3.05) is 37.7 Å². The molecule has 0 radical (unpaired) electrons. The molecule has 0 aromatic heterocycles. The average molecular weight is 565 g/mol. The number of ether oxygens (including phenoxy) is 1. The van der Waals surface area contributed by atoms with Gasteiger partial charge in [0.25, 0.3) is 11.7 Å². The smallest absolute Gasteiger partial charge is 0.299 e. The number of carbonyl (C=O) groups is 3. The van der Waals surface area contributed by atoms with E-state index in [-0.39, 0.29) is 29.5 Å². The molecule has 40 heavy (non-hydrogen) atoms. The highest BCUT2D eigenvalue weighted by molar-refractivity contribution is 7.89. The number of carbonyl (C=O) groups excluding carboxylic acids is 3. The molecule has 2 atom stereocenters. The summed E-state index contributed by atoms with van der Waals surface area (Å²) in [5.74, 6) is -2.40. The van der Waals surface area contributed by atoms with Crippen LogP contribution >= 0.6 is 0 Å². The SMILES string of the molecule is N=C(N)N1CCOC(CNC(=O)[C@@H](CN2C(=O)C(=O)c3ccccc32)NS(=O)(=O)c2ccc3ccccc3c2)C1. The Morgan fingerprint density at radius 3 is 2.58 bits per heavy atom. The summed E-state index contributed by atoms with van der Waals surface area (Å²) >= 11 is 0. The Hall–Kier alpha value is -4.33. The molecular formula is C27H28N6O6S. The van der Waals surface area contributed by atoms with Crippen LogP contribution in [0, 0.1) is 5.41 Å². The minimum atomic E-state index is -4.23. The van der Waals surface area contributed by atoms with E-state index in [1.165, 1.54) is 18.2 Å². The Morgan fingerprint density at radius 1 is 1.07 bits per heavy atom. The lowest BCUT2D eigenvalue weighted by Crippen LogP contribution is -2.56. The van der Waals surface area contributed by atoms with E-state index in [2.05, 4.69) is 10.0 Å². The maximum absolute atomic E-state index is 13.4. The van der Waals surface area contributed by atoms with Gasteiger partial charge in [-0.25, -0.2) is 8.42 Å². The van der Waals surface area contributed by atoms with Crippen LogP contribution in [0.2, 0.25) is 0 Å². The molecule has 3 aromatic rings. The number of benzene rings is 3. The van der Waals surface area contributed by atoms with E-state index in [0.29, 0.717) is 24.2 Å². The van der Waals surface area contributed by atoms with Crippen molar-refractivity contribution in [1.29, 1.82) is 5.41 Å². The fourth-order valence-electron chi connectivity index (χ4n) is 4.77. The van der Waals surface area contributed by atoms with Gasteiger partial charge in [0.15, 0.2) is 5.96 Å². The summed E-state index contributed by atoms with van der Waals surface area (Å²) in [6.07, 6.45) is -0.491. The molecule has 2 heterocycles. The van der Waals surface area contributed by atoms with Gasteiger partial charge in [-0.2, -0.15) is 4.72 Å². The second kappa shape index (κ2) is 11.0. The first kappa shape index (κ1) is 27.2. The van der Waals surface area contributed by atoms with Crippen LogP contribution in [0.1, 0.15) is 10.4 Å². The number of rotatable bonds is 8. The third-order valence-corrected chi connectivity index (χ3v) is 8.34. The highest BCUT2D eigenvalue weighted by Crippen LogP contribution is 2.29. The van der Waals surface area contributed by atoms with Crippen molar-refractivity contribution in [2.24, 2.45) is 5.73 Å². The number of amides is 2. The van der Waals surface area contributed by atoms with Crippen LogP contribution in [-0.2, 0) is 24.3 Å². The number of morpholine rings is 1. The topological polar surface area (TPSA) is 175 Å². The van der Waals surface area contributed by atoms with Crippen molar-refractivity contribution in [3.05, 3.63) is 72.3 Å². The molecule has 13 heteroatoms. The summed E-state index contributed by atoms with van der Waals surface area (Å²) < 4.78 is 35.0. The van der Waals surface area contributed by atoms with E-state index in [0.717, 1.165) is 10.3 Å². The molecule has 0 bridgehead atoms. The number of hydrogen-bond acceptors (Lipinski definition) is 7. The molecule has 1 unspecified atom stereocenters. The normalized spacial score (nSPS) is 18.1. The molecule has 5 N–H and O–H groups in total. The van der Waals surface area contributed by atoms with Gasteiger partial charge in [0.1, 0.15) is 6.04 Å². The highest BCUT2D eigenvalue weighted by atomic mass is 32.2. The van der Waals surface area contributed by atoms with Crippen molar-refractivity contribution in [3.8, 4) is 0 Å². The molecular weight excluding hydrogens is 536 g/mol. The molecule has 0 aliphatic carbocycles. The molecule has 1 fully saturated rings. The quantitative estimate of drug-likeness (QED) is 0.173. The van der Waals surface area contributed by atoms with Gasteiger partial charge in [-0.1, -0.05) is 42.5 Å². The third kappa shape index (κ3) is 5.52. The second-order valence-corrected chi connectivity index (χ2v) is 11.2. The van der Waals surface area contributed by atoms with E-state index < -0.39 is 46.3 Å². The number of ketones is 1. The van der Waals surface area contributed by atoms with Crippen molar-refractivity contribution < 1.29 is 27.5 Å². The van der Waals surface area contributed by atoms with Crippen LogP contribution in [0.15, 0.2) is 71.6 Å². The average Bonchev–Trinajstić information content (AvgIpc) is 3.20. The van der Waals surface area contributed by atoms with Crippen LogP contribution < -0.4 is 20.7 Å². The number of anilines is 1. The van der Waals surface area contributed by atoms with E-state index in [1.54, 1.807) is 41.3 Å². The van der Waals surface area contributed by atoms with Crippen molar-refractivity contribution in [2.45, 2.75) is 17.0 Å². The monoisotopic (exact) mass is 564 g/mol. The third-order valence-electron chi connectivity index (χ3n) is 6.87. The number of nitrogens with two attached hydrogens (primary N) is 1. The number of nitrogens with one attached hydrogen (secondary N) is 3. The largest absolute Gasteiger partial charge is 0.373 e. The number of para-hydroxylation sites is 1. The van der Waals surface area contributed by atoms with Gasteiger partial charge in [0.2, 0.25) is 15.9 Å². The van der Waals surface area contributed by atoms with Crippen molar-refractivity contribution in [1.82, 2.24) is 14.9 Å². The Labute approximate surface area is 230 Å². The molecule has 3 aromatic carbocycles. The minimum Gasteiger partial charge on any atom is -0.373 e. The fraction of sp³-hybridized carbons (Fsp3) is 0.259. The van der Waals surface area contributed by atoms with Crippen LogP contribution in [0.4, 0.5) is 5.69 Å². The Balaban J connectivity index is 1.39. The van der Waals surface area contributed by atoms with Gasteiger partial charge in [0, 0.05) is 19.6 Å². The van der Waals surface area contributed by atoms with Gasteiger partial charge < -0.3 is 25.6 Å². The van der Waals surface area contributed by atoms with E-state index in [9.17, 15) is 22.8 Å². The molecule has 12 nitrogen and oxygen atoms in total. The van der Waals surface area contributed by atoms with Gasteiger partial charge in [-0.05, 0) is 35.0 Å². The predicted molar refractivity (Wildman–Crippen MR) is 147 cm³/mol. The Kier molecular flexibility index (Phi) is 7.52. The number of fused-ring (bicyclic) bond motifs is 2. The van der Waals surface area contributed by atoms with E-state index >= 15 is 0 Å². The Bertz CT molecular complexity index is 1610. The molecule has 2 amide bonds. The number of hydrogen-bond donors (Lipinski definition) is 4. The van der Waals surface area contributed by atoms with E-state index in [1.807, 2.05) is 12.1 Å². The summed E-state index contributed by atoms with van der Waals surface area (Å²) in [4.78, 5) is 41.4. The first-order chi connectivity index (χ1) is 19.1. The second-order valence-electron chi connectivity index (χ2n) is 9.51. The van der Waals surface area contributed by atoms with Gasteiger partial charge in [0.05, 0.1) is 35.4 Å². The fourth-order valence-corrected chi connectivity index (χ4v) is 6.00. The molecule has 208 valence electrons. The zero-order chi connectivity index (χ0) is 28.4. The number of Topliss-reactive ketones (excluding diaryl/α,β-unsaturated/α-hetero) is 1. The molecule has 2 aliphatic heterocycles. The highest BCUT2D eigenvalue weighted by Gasteiger charge is 2.39. The summed E-state index contributed by atoms with van der Waals surface area (Å²) in [5, 5.41) is 11.9. The summed E-state index contributed by atoms with van der Waals surface area (Å²) in [6.45, 7) is 0.624. The zero-order valence-electron chi connectivity index (χ0n) is 21.4. The lowest BCUT2D eigenvalue weighted by Gasteiger charge is -2.33. The van der Waals surface area contributed by atoms with Gasteiger partial charge in [-0.15, -0.1) is 0 Å². The molecule has 2 aliphatic rings. The number of nitrogens with zero attached hydrogens (tertiary/aromatic N) is 2.